The highest BCUT2D eigenvalue weighted by Gasteiger charge is 2.34. The number of carbonyl (C=O) groups is 1. The number of piperidine rings is 1. The summed E-state index contributed by atoms with van der Waals surface area (Å²) >= 11 is 6.01. The maximum Gasteiger partial charge on any atom is 0.152 e. The van der Waals surface area contributed by atoms with Gasteiger partial charge >= 0.3 is 0 Å². The van der Waals surface area contributed by atoms with Crippen LogP contribution in [-0.4, -0.2) is 43.4 Å². The van der Waals surface area contributed by atoms with E-state index >= 15 is 0 Å². The molecular weight excluding hydrogens is 506 g/mol. The lowest BCUT2D eigenvalue weighted by Crippen LogP contribution is -2.42. The Kier molecular flexibility index (Phi) is 8.72. The summed E-state index contributed by atoms with van der Waals surface area (Å²) in [5.74, 6) is 0.730. The Hall–Kier alpha value is -1.89. The summed E-state index contributed by atoms with van der Waals surface area (Å²) in [6, 6.07) is 13.8. The number of rotatable bonds is 8. The monoisotopic (exact) mass is 545 g/mol. The number of aliphatic hydroxyl groups is 1. The molecule has 202 valence electrons. The summed E-state index contributed by atoms with van der Waals surface area (Å²) in [5.41, 5.74) is 3.41. The third-order valence-electron chi connectivity index (χ3n) is 8.44. The number of aryl methyl sites for hydroxylation is 1. The van der Waals surface area contributed by atoms with Gasteiger partial charge in [0, 0.05) is 36.1 Å². The number of anilines is 1. The highest BCUT2D eigenvalue weighted by molar-refractivity contribution is 7.91. The predicted octanol–water partition coefficient (Wildman–Crippen LogP) is 5.88. The maximum absolute atomic E-state index is 13.0. The number of halogens is 1. The number of Topliss-reactive ketones (excluding diaryl/α,β-unsaturated/α-hetero) is 1. The van der Waals surface area contributed by atoms with Crippen LogP contribution < -0.4 is 4.90 Å². The molecule has 4 rings (SSSR count). The molecule has 1 saturated heterocycles. The third kappa shape index (κ3) is 6.76. The minimum absolute atomic E-state index is 0.0330. The molecule has 1 heterocycles. The summed E-state index contributed by atoms with van der Waals surface area (Å²) in [7, 11) is -3.03. The van der Waals surface area contributed by atoms with Crippen molar-refractivity contribution in [1.29, 1.82) is 0 Å². The molecule has 0 atom stereocenters. The van der Waals surface area contributed by atoms with E-state index in [1.807, 2.05) is 24.3 Å². The predicted molar refractivity (Wildman–Crippen MR) is 151 cm³/mol. The second-order valence-electron chi connectivity index (χ2n) is 11.4. The molecule has 2 aromatic rings. The minimum Gasteiger partial charge on any atom is -0.385 e. The highest BCUT2D eigenvalue weighted by atomic mass is 35.5. The Morgan fingerprint density at radius 2 is 1.68 bits per heavy atom. The molecule has 0 amide bonds. The zero-order valence-electron chi connectivity index (χ0n) is 22.2. The molecule has 0 spiro atoms. The number of sulfone groups is 1. The van der Waals surface area contributed by atoms with Crippen LogP contribution in [-0.2, 0) is 26.7 Å². The van der Waals surface area contributed by atoms with Gasteiger partial charge in [0.1, 0.15) is 5.78 Å². The molecule has 5 nitrogen and oxygen atoms in total. The van der Waals surface area contributed by atoms with Crippen molar-refractivity contribution in [1.82, 2.24) is 0 Å². The fourth-order valence-electron chi connectivity index (χ4n) is 5.87. The molecule has 0 bridgehead atoms. The summed E-state index contributed by atoms with van der Waals surface area (Å²) < 4.78 is 24.5. The fraction of sp³-hybridized carbons (Fsp3) is 0.567. The lowest BCUT2D eigenvalue weighted by Gasteiger charge is -2.40. The number of ketones is 1. The van der Waals surface area contributed by atoms with Crippen molar-refractivity contribution in [3.05, 3.63) is 64.2 Å². The summed E-state index contributed by atoms with van der Waals surface area (Å²) in [6.45, 7) is 7.08. The van der Waals surface area contributed by atoms with E-state index < -0.39 is 15.4 Å². The van der Waals surface area contributed by atoms with Gasteiger partial charge in [-0.3, -0.25) is 4.79 Å². The zero-order valence-corrected chi connectivity index (χ0v) is 23.8. The van der Waals surface area contributed by atoms with Crippen LogP contribution in [0.2, 0.25) is 5.02 Å². The van der Waals surface area contributed by atoms with E-state index in [-0.39, 0.29) is 28.6 Å². The molecule has 2 fully saturated rings. The van der Waals surface area contributed by atoms with Crippen molar-refractivity contribution in [3.63, 3.8) is 0 Å². The van der Waals surface area contributed by atoms with Crippen LogP contribution >= 0.6 is 11.6 Å². The SMILES string of the molecule is Cc1cc(CC(=O)C2CCC(CS(=O)(=O)C(C)C)CC2)ccc1N1CCC(O)(c2ccc(Cl)cc2)CC1. The molecule has 7 heteroatoms. The lowest BCUT2D eigenvalue weighted by molar-refractivity contribution is -0.123. The average Bonchev–Trinajstić information content (AvgIpc) is 2.85. The average molecular weight is 546 g/mol. The Morgan fingerprint density at radius 3 is 2.24 bits per heavy atom. The van der Waals surface area contributed by atoms with Gasteiger partial charge < -0.3 is 10.0 Å². The lowest BCUT2D eigenvalue weighted by atomic mass is 9.79. The van der Waals surface area contributed by atoms with Gasteiger partial charge in [-0.15, -0.1) is 0 Å². The molecule has 0 aromatic heterocycles. The molecule has 1 saturated carbocycles. The van der Waals surface area contributed by atoms with Crippen molar-refractivity contribution in [2.24, 2.45) is 11.8 Å². The molecule has 0 radical (unpaired) electrons. The quantitative estimate of drug-likeness (QED) is 0.448. The Morgan fingerprint density at radius 1 is 1.05 bits per heavy atom. The standard InChI is InChI=1S/C30H40ClNO4S/c1-21(2)37(35,36)20-23-4-7-25(8-5-23)29(33)19-24-6-13-28(22(3)18-24)32-16-14-30(34,15-17-32)26-9-11-27(31)12-10-26/h6,9-13,18,21,23,25,34H,4-5,7-8,14-17,19-20H2,1-3H3. The topological polar surface area (TPSA) is 74.7 Å². The highest BCUT2D eigenvalue weighted by Crippen LogP contribution is 2.36. The molecule has 1 aliphatic heterocycles. The van der Waals surface area contributed by atoms with Gasteiger partial charge in [0.15, 0.2) is 9.84 Å². The third-order valence-corrected chi connectivity index (χ3v) is 11.1. The number of hydrogen-bond acceptors (Lipinski definition) is 5. The van der Waals surface area contributed by atoms with Crippen LogP contribution in [0.25, 0.3) is 0 Å². The van der Waals surface area contributed by atoms with E-state index in [1.165, 1.54) is 0 Å². The first-order valence-corrected chi connectivity index (χ1v) is 15.6. The van der Waals surface area contributed by atoms with Crippen LogP contribution in [0.4, 0.5) is 5.69 Å². The van der Waals surface area contributed by atoms with Gasteiger partial charge in [-0.2, -0.15) is 0 Å². The van der Waals surface area contributed by atoms with Crippen LogP contribution in [0, 0.1) is 18.8 Å². The van der Waals surface area contributed by atoms with Crippen molar-refractivity contribution in [2.75, 3.05) is 23.7 Å². The first kappa shape index (κ1) is 28.1. The Bertz CT molecular complexity index is 1190. The second kappa shape index (κ2) is 11.5. The van der Waals surface area contributed by atoms with Crippen molar-refractivity contribution in [2.45, 2.75) is 76.6 Å². The van der Waals surface area contributed by atoms with Crippen molar-refractivity contribution < 1.29 is 18.3 Å². The van der Waals surface area contributed by atoms with Gasteiger partial charge in [-0.05, 0) is 100 Å². The number of carbonyl (C=O) groups excluding carboxylic acids is 1. The number of nitrogens with zero attached hydrogens (tertiary/aromatic N) is 1. The Labute approximate surface area is 227 Å². The van der Waals surface area contributed by atoms with Crippen LogP contribution in [0.1, 0.15) is 69.1 Å². The minimum atomic E-state index is -3.03. The largest absolute Gasteiger partial charge is 0.385 e. The van der Waals surface area contributed by atoms with Gasteiger partial charge in [0.05, 0.1) is 16.6 Å². The van der Waals surface area contributed by atoms with Crippen molar-refractivity contribution >= 4 is 32.9 Å². The van der Waals surface area contributed by atoms with Gasteiger partial charge in [-0.25, -0.2) is 8.42 Å². The van der Waals surface area contributed by atoms with E-state index in [1.54, 1.807) is 13.8 Å². The fourth-order valence-corrected chi connectivity index (χ4v) is 7.37. The van der Waals surface area contributed by atoms with E-state index in [0.29, 0.717) is 24.3 Å². The number of benzene rings is 2. The van der Waals surface area contributed by atoms with Gasteiger partial charge in [0.25, 0.3) is 0 Å². The molecule has 0 unspecified atom stereocenters. The first-order valence-electron chi connectivity index (χ1n) is 13.5. The maximum atomic E-state index is 13.0. The van der Waals surface area contributed by atoms with E-state index in [0.717, 1.165) is 61.2 Å². The van der Waals surface area contributed by atoms with E-state index in [9.17, 15) is 18.3 Å². The van der Waals surface area contributed by atoms with Crippen LogP contribution in [0.5, 0.6) is 0 Å². The number of hydrogen-bond donors (Lipinski definition) is 1. The summed E-state index contributed by atoms with van der Waals surface area (Å²) in [4.78, 5) is 15.3. The zero-order chi connectivity index (χ0) is 26.8. The van der Waals surface area contributed by atoms with E-state index in [2.05, 4.69) is 30.0 Å². The molecule has 2 aliphatic rings. The van der Waals surface area contributed by atoms with Crippen molar-refractivity contribution in [3.8, 4) is 0 Å². The summed E-state index contributed by atoms with van der Waals surface area (Å²) in [6.07, 6.45) is 4.94. The van der Waals surface area contributed by atoms with Gasteiger partial charge in [0.2, 0.25) is 0 Å². The first-order chi connectivity index (χ1) is 17.5. The Balaban J connectivity index is 1.30. The van der Waals surface area contributed by atoms with Crippen LogP contribution in [0.15, 0.2) is 42.5 Å². The second-order valence-corrected chi connectivity index (χ2v) is 14.4. The van der Waals surface area contributed by atoms with Crippen LogP contribution in [0.3, 0.4) is 0 Å². The smallest absolute Gasteiger partial charge is 0.152 e. The molecule has 1 aliphatic carbocycles. The molecule has 2 aromatic carbocycles. The normalized spacial score (nSPS) is 22.3. The molecule has 1 N–H and O–H groups in total. The van der Waals surface area contributed by atoms with Gasteiger partial charge in [-0.1, -0.05) is 35.9 Å². The summed E-state index contributed by atoms with van der Waals surface area (Å²) in [5, 5.41) is 11.5. The molecular formula is C30H40ClNO4S. The van der Waals surface area contributed by atoms with E-state index in [4.69, 9.17) is 11.6 Å². The molecule has 37 heavy (non-hydrogen) atoms.